The Morgan fingerprint density at radius 3 is 2.62 bits per heavy atom. The lowest BCUT2D eigenvalue weighted by molar-refractivity contribution is 0.0707. The second kappa shape index (κ2) is 7.30. The molecule has 0 saturated carbocycles. The van der Waals surface area contributed by atoms with Gasteiger partial charge < -0.3 is 4.90 Å². The summed E-state index contributed by atoms with van der Waals surface area (Å²) in [4.78, 5) is 15.0. The van der Waals surface area contributed by atoms with E-state index in [0.29, 0.717) is 11.5 Å². The summed E-state index contributed by atoms with van der Waals surface area (Å²) in [6.07, 6.45) is 5.35. The average molecular weight is 367 g/mol. The maximum atomic E-state index is 13.0. The van der Waals surface area contributed by atoms with Gasteiger partial charge >= 0.3 is 0 Å². The topological polar surface area (TPSA) is 51.0 Å². The standard InChI is InChI=1S/C20H19ClN4O/c21-18-8-6-15(7-9-18)17-4-2-10-24(12-17)20(26)16-3-1-5-19(11-16)25-13-22-23-14-25/h1,3,5-9,11,13-14,17H,2,4,10,12H2/t17-/m1/s1. The van der Waals surface area contributed by atoms with Gasteiger partial charge in [-0.2, -0.15) is 0 Å². The van der Waals surface area contributed by atoms with Gasteiger partial charge in [-0.25, -0.2) is 0 Å². The number of nitrogens with zero attached hydrogens (tertiary/aromatic N) is 4. The van der Waals surface area contributed by atoms with Gasteiger partial charge in [0.1, 0.15) is 12.7 Å². The Balaban J connectivity index is 1.52. The molecule has 3 aromatic rings. The van der Waals surface area contributed by atoms with Gasteiger partial charge in [-0.15, -0.1) is 10.2 Å². The fourth-order valence-corrected chi connectivity index (χ4v) is 3.61. The predicted molar refractivity (Wildman–Crippen MR) is 101 cm³/mol. The minimum Gasteiger partial charge on any atom is -0.338 e. The van der Waals surface area contributed by atoms with Crippen LogP contribution in [0.25, 0.3) is 5.69 Å². The third-order valence-electron chi connectivity index (χ3n) is 4.86. The Kier molecular flexibility index (Phi) is 4.71. The van der Waals surface area contributed by atoms with E-state index in [1.54, 1.807) is 17.2 Å². The Morgan fingerprint density at radius 2 is 1.85 bits per heavy atom. The maximum Gasteiger partial charge on any atom is 0.253 e. The molecule has 1 fully saturated rings. The maximum absolute atomic E-state index is 13.0. The molecule has 26 heavy (non-hydrogen) atoms. The van der Waals surface area contributed by atoms with Crippen molar-refractivity contribution in [3.05, 3.63) is 77.3 Å². The molecule has 2 aromatic carbocycles. The third-order valence-corrected chi connectivity index (χ3v) is 5.11. The fourth-order valence-electron chi connectivity index (χ4n) is 3.48. The van der Waals surface area contributed by atoms with Gasteiger partial charge in [0.15, 0.2) is 0 Å². The Hall–Kier alpha value is -2.66. The van der Waals surface area contributed by atoms with E-state index in [4.69, 9.17) is 11.6 Å². The molecule has 1 amide bonds. The van der Waals surface area contributed by atoms with Gasteiger partial charge in [0.25, 0.3) is 5.91 Å². The van der Waals surface area contributed by atoms with E-state index < -0.39 is 0 Å². The van der Waals surface area contributed by atoms with Crippen molar-refractivity contribution < 1.29 is 4.79 Å². The number of rotatable bonds is 3. The highest BCUT2D eigenvalue weighted by atomic mass is 35.5. The Morgan fingerprint density at radius 1 is 1.08 bits per heavy atom. The summed E-state index contributed by atoms with van der Waals surface area (Å²) in [5, 5.41) is 8.38. The molecule has 4 rings (SSSR count). The number of carbonyl (C=O) groups is 1. The highest BCUT2D eigenvalue weighted by Crippen LogP contribution is 2.28. The van der Waals surface area contributed by atoms with Gasteiger partial charge in [0.2, 0.25) is 0 Å². The van der Waals surface area contributed by atoms with Crippen LogP contribution in [0.3, 0.4) is 0 Å². The van der Waals surface area contributed by atoms with Crippen LogP contribution >= 0.6 is 11.6 Å². The first kappa shape index (κ1) is 16.8. The van der Waals surface area contributed by atoms with Crippen LogP contribution in [-0.2, 0) is 0 Å². The zero-order valence-electron chi connectivity index (χ0n) is 14.3. The predicted octanol–water partition coefficient (Wildman–Crippen LogP) is 3.94. The lowest BCUT2D eigenvalue weighted by atomic mass is 9.90. The van der Waals surface area contributed by atoms with Crippen molar-refractivity contribution in [3.8, 4) is 5.69 Å². The molecule has 0 N–H and O–H groups in total. The zero-order valence-corrected chi connectivity index (χ0v) is 15.0. The second-order valence-electron chi connectivity index (χ2n) is 6.56. The quantitative estimate of drug-likeness (QED) is 0.705. The first-order chi connectivity index (χ1) is 12.7. The number of benzene rings is 2. The summed E-state index contributed by atoms with van der Waals surface area (Å²) in [7, 11) is 0. The summed E-state index contributed by atoms with van der Waals surface area (Å²) >= 11 is 5.99. The molecule has 5 nitrogen and oxygen atoms in total. The molecule has 0 bridgehead atoms. The fraction of sp³-hybridized carbons (Fsp3) is 0.250. The Bertz CT molecular complexity index is 892. The molecule has 1 aliphatic heterocycles. The number of hydrogen-bond acceptors (Lipinski definition) is 3. The Labute approximate surface area is 157 Å². The van der Waals surface area contributed by atoms with E-state index in [-0.39, 0.29) is 5.91 Å². The van der Waals surface area contributed by atoms with Gasteiger partial charge in [0, 0.05) is 35.3 Å². The van der Waals surface area contributed by atoms with E-state index >= 15 is 0 Å². The van der Waals surface area contributed by atoms with Crippen molar-refractivity contribution in [3.63, 3.8) is 0 Å². The first-order valence-corrected chi connectivity index (χ1v) is 9.08. The number of likely N-dealkylation sites (tertiary alicyclic amines) is 1. The minimum atomic E-state index is 0.0681. The summed E-state index contributed by atoms with van der Waals surface area (Å²) in [6.45, 7) is 1.52. The molecule has 2 heterocycles. The van der Waals surface area contributed by atoms with Gasteiger partial charge in [-0.05, 0) is 48.7 Å². The third kappa shape index (κ3) is 3.48. The monoisotopic (exact) mass is 366 g/mol. The summed E-state index contributed by atoms with van der Waals surface area (Å²) < 4.78 is 1.80. The van der Waals surface area contributed by atoms with E-state index in [2.05, 4.69) is 22.3 Å². The first-order valence-electron chi connectivity index (χ1n) is 8.70. The van der Waals surface area contributed by atoms with Crippen molar-refractivity contribution >= 4 is 17.5 Å². The van der Waals surface area contributed by atoms with Crippen LogP contribution in [0.1, 0.15) is 34.7 Å². The van der Waals surface area contributed by atoms with Crippen LogP contribution < -0.4 is 0 Å². The van der Waals surface area contributed by atoms with Crippen LogP contribution in [0.15, 0.2) is 61.2 Å². The highest BCUT2D eigenvalue weighted by molar-refractivity contribution is 6.30. The van der Waals surface area contributed by atoms with Gasteiger partial charge in [-0.1, -0.05) is 29.8 Å². The van der Waals surface area contributed by atoms with Gasteiger partial charge in [-0.3, -0.25) is 9.36 Å². The smallest absolute Gasteiger partial charge is 0.253 e. The lowest BCUT2D eigenvalue weighted by Crippen LogP contribution is -2.39. The molecule has 0 aliphatic carbocycles. The van der Waals surface area contributed by atoms with Crippen molar-refractivity contribution in [2.24, 2.45) is 0 Å². The van der Waals surface area contributed by atoms with Crippen LogP contribution in [0.4, 0.5) is 0 Å². The number of amides is 1. The van der Waals surface area contributed by atoms with Crippen LogP contribution in [0.2, 0.25) is 5.02 Å². The van der Waals surface area contributed by atoms with Crippen molar-refractivity contribution in [2.45, 2.75) is 18.8 Å². The van der Waals surface area contributed by atoms with Crippen LogP contribution in [0, 0.1) is 0 Å². The molecule has 0 radical (unpaired) electrons. The SMILES string of the molecule is O=C(c1cccc(-n2cnnc2)c1)N1CCC[C@@H](c2ccc(Cl)cc2)C1. The molecule has 6 heteroatoms. The number of halogens is 1. The molecule has 0 unspecified atom stereocenters. The summed E-state index contributed by atoms with van der Waals surface area (Å²) in [5.41, 5.74) is 2.81. The molecule has 1 saturated heterocycles. The molecule has 0 spiro atoms. The van der Waals surface area contributed by atoms with E-state index in [9.17, 15) is 4.79 Å². The van der Waals surface area contributed by atoms with E-state index in [0.717, 1.165) is 36.6 Å². The van der Waals surface area contributed by atoms with Crippen molar-refractivity contribution in [1.29, 1.82) is 0 Å². The number of aromatic nitrogens is 3. The molecule has 1 atom stereocenters. The number of piperidine rings is 1. The largest absolute Gasteiger partial charge is 0.338 e. The van der Waals surface area contributed by atoms with E-state index in [1.165, 1.54) is 5.56 Å². The molecular formula is C20H19ClN4O. The number of carbonyl (C=O) groups excluding carboxylic acids is 1. The van der Waals surface area contributed by atoms with Crippen molar-refractivity contribution in [2.75, 3.05) is 13.1 Å². The zero-order chi connectivity index (χ0) is 17.9. The summed E-state index contributed by atoms with van der Waals surface area (Å²) in [6, 6.07) is 15.5. The van der Waals surface area contributed by atoms with E-state index in [1.807, 2.05) is 41.3 Å². The normalized spacial score (nSPS) is 17.3. The minimum absolute atomic E-state index is 0.0681. The lowest BCUT2D eigenvalue weighted by Gasteiger charge is -2.33. The van der Waals surface area contributed by atoms with Crippen LogP contribution in [0.5, 0.6) is 0 Å². The second-order valence-corrected chi connectivity index (χ2v) is 7.00. The highest BCUT2D eigenvalue weighted by Gasteiger charge is 2.25. The molecule has 1 aliphatic rings. The molecule has 1 aromatic heterocycles. The molecule has 132 valence electrons. The number of hydrogen-bond donors (Lipinski definition) is 0. The average Bonchev–Trinajstić information content (AvgIpc) is 3.23. The van der Waals surface area contributed by atoms with Crippen molar-refractivity contribution in [1.82, 2.24) is 19.7 Å². The molecular weight excluding hydrogens is 348 g/mol. The summed E-state index contributed by atoms with van der Waals surface area (Å²) in [5.74, 6) is 0.421. The van der Waals surface area contributed by atoms with Gasteiger partial charge in [0.05, 0.1) is 0 Å². The van der Waals surface area contributed by atoms with Crippen LogP contribution in [-0.4, -0.2) is 38.7 Å².